The van der Waals surface area contributed by atoms with E-state index < -0.39 is 0 Å². The van der Waals surface area contributed by atoms with Crippen molar-refractivity contribution >= 4 is 23.3 Å². The second-order valence-corrected chi connectivity index (χ2v) is 6.88. The number of carbonyl (C=O) groups is 2. The van der Waals surface area contributed by atoms with Crippen LogP contribution >= 0.6 is 0 Å². The molecule has 1 fully saturated rings. The fourth-order valence-corrected chi connectivity index (χ4v) is 3.25. The number of aromatic nitrogens is 2. The van der Waals surface area contributed by atoms with Gasteiger partial charge in [0.15, 0.2) is 6.61 Å². The Bertz CT molecular complexity index is 854. The standard InChI is InChI=1S/C19H22N4O3/c1-23-18(15-6-3-7-16(15)22-23)21-17(24)11-26-14-5-2-4-13(10-14)20-19(25)12-8-9-12/h2,4-5,10,12H,3,6-9,11H2,1H3,(H,20,25)(H,21,24). The molecule has 136 valence electrons. The summed E-state index contributed by atoms with van der Waals surface area (Å²) in [7, 11) is 1.83. The van der Waals surface area contributed by atoms with Crippen molar-refractivity contribution in [3.05, 3.63) is 35.5 Å². The molecule has 4 rings (SSSR count). The molecule has 0 atom stereocenters. The lowest BCUT2D eigenvalue weighted by atomic mass is 10.2. The number of benzene rings is 1. The number of anilines is 2. The first kappa shape index (κ1) is 16.6. The Hall–Kier alpha value is -2.83. The molecule has 0 radical (unpaired) electrons. The van der Waals surface area contributed by atoms with Crippen molar-refractivity contribution in [3.8, 4) is 5.75 Å². The summed E-state index contributed by atoms with van der Waals surface area (Å²) < 4.78 is 7.30. The number of nitrogens with zero attached hydrogens (tertiary/aromatic N) is 2. The van der Waals surface area contributed by atoms with Gasteiger partial charge in [-0.15, -0.1) is 0 Å². The topological polar surface area (TPSA) is 85.2 Å². The van der Waals surface area contributed by atoms with Gasteiger partial charge in [-0.05, 0) is 44.2 Å². The first-order chi connectivity index (χ1) is 12.6. The van der Waals surface area contributed by atoms with E-state index in [0.29, 0.717) is 11.4 Å². The molecule has 0 unspecified atom stereocenters. The maximum absolute atomic E-state index is 12.2. The average molecular weight is 354 g/mol. The highest BCUT2D eigenvalue weighted by atomic mass is 16.5. The van der Waals surface area contributed by atoms with Crippen LogP contribution in [0, 0.1) is 5.92 Å². The van der Waals surface area contributed by atoms with Crippen LogP contribution in [-0.4, -0.2) is 28.2 Å². The highest BCUT2D eigenvalue weighted by molar-refractivity contribution is 5.94. The molecule has 1 aromatic heterocycles. The SMILES string of the molecule is Cn1nc2c(c1NC(=O)COc1cccc(NC(=O)C3CC3)c1)CCC2. The molecule has 0 aliphatic heterocycles. The molecule has 2 amide bonds. The molecular weight excluding hydrogens is 332 g/mol. The lowest BCUT2D eigenvalue weighted by molar-refractivity contribution is -0.118. The van der Waals surface area contributed by atoms with E-state index in [2.05, 4.69) is 15.7 Å². The highest BCUT2D eigenvalue weighted by Gasteiger charge is 2.29. The third-order valence-corrected chi connectivity index (χ3v) is 4.75. The van der Waals surface area contributed by atoms with Gasteiger partial charge in [0, 0.05) is 30.3 Å². The van der Waals surface area contributed by atoms with E-state index in [-0.39, 0.29) is 24.3 Å². The van der Waals surface area contributed by atoms with E-state index >= 15 is 0 Å². The number of rotatable bonds is 6. The van der Waals surface area contributed by atoms with Crippen molar-refractivity contribution in [1.29, 1.82) is 0 Å². The zero-order chi connectivity index (χ0) is 18.1. The summed E-state index contributed by atoms with van der Waals surface area (Å²) in [5.41, 5.74) is 2.89. The van der Waals surface area contributed by atoms with Crippen LogP contribution in [-0.2, 0) is 29.5 Å². The minimum Gasteiger partial charge on any atom is -0.484 e. The van der Waals surface area contributed by atoms with Gasteiger partial charge in [-0.3, -0.25) is 14.3 Å². The van der Waals surface area contributed by atoms with Crippen LogP contribution in [0.4, 0.5) is 11.5 Å². The monoisotopic (exact) mass is 354 g/mol. The summed E-state index contributed by atoms with van der Waals surface area (Å²) >= 11 is 0. The predicted molar refractivity (Wildman–Crippen MR) is 97.2 cm³/mol. The molecule has 0 bridgehead atoms. The molecule has 7 heteroatoms. The first-order valence-corrected chi connectivity index (χ1v) is 8.98. The number of fused-ring (bicyclic) bond motifs is 1. The van der Waals surface area contributed by atoms with Gasteiger partial charge in [-0.2, -0.15) is 5.10 Å². The minimum absolute atomic E-state index is 0.0463. The van der Waals surface area contributed by atoms with Gasteiger partial charge >= 0.3 is 0 Å². The van der Waals surface area contributed by atoms with E-state index in [1.165, 1.54) is 0 Å². The maximum atomic E-state index is 12.2. The number of amides is 2. The average Bonchev–Trinajstić information content (AvgIpc) is 3.32. The minimum atomic E-state index is -0.227. The van der Waals surface area contributed by atoms with E-state index in [4.69, 9.17) is 4.74 Å². The van der Waals surface area contributed by atoms with Gasteiger partial charge in [0.1, 0.15) is 11.6 Å². The molecular formula is C19H22N4O3. The Morgan fingerprint density at radius 2 is 2.12 bits per heavy atom. The molecule has 2 aromatic rings. The van der Waals surface area contributed by atoms with Gasteiger partial charge in [-0.1, -0.05) is 6.07 Å². The van der Waals surface area contributed by atoms with Crippen molar-refractivity contribution in [2.75, 3.05) is 17.2 Å². The Kier molecular flexibility index (Phi) is 4.36. The van der Waals surface area contributed by atoms with Crippen LogP contribution in [0.1, 0.15) is 30.5 Å². The zero-order valence-electron chi connectivity index (χ0n) is 14.7. The van der Waals surface area contributed by atoms with Gasteiger partial charge in [0.25, 0.3) is 5.91 Å². The summed E-state index contributed by atoms with van der Waals surface area (Å²) in [5.74, 6) is 1.27. The summed E-state index contributed by atoms with van der Waals surface area (Å²) in [6.45, 7) is -0.0972. The number of hydrogen-bond donors (Lipinski definition) is 2. The van der Waals surface area contributed by atoms with Crippen LogP contribution in [0.5, 0.6) is 5.75 Å². The van der Waals surface area contributed by atoms with Crippen molar-refractivity contribution in [2.24, 2.45) is 13.0 Å². The summed E-state index contributed by atoms with van der Waals surface area (Å²) in [4.78, 5) is 24.1. The van der Waals surface area contributed by atoms with Crippen LogP contribution < -0.4 is 15.4 Å². The van der Waals surface area contributed by atoms with Crippen molar-refractivity contribution in [3.63, 3.8) is 0 Å². The molecule has 0 spiro atoms. The Morgan fingerprint density at radius 1 is 1.27 bits per heavy atom. The molecule has 2 aliphatic carbocycles. The van der Waals surface area contributed by atoms with Crippen LogP contribution in [0.15, 0.2) is 24.3 Å². The number of ether oxygens (including phenoxy) is 1. The Morgan fingerprint density at radius 3 is 2.92 bits per heavy atom. The number of nitrogens with one attached hydrogen (secondary N) is 2. The first-order valence-electron chi connectivity index (χ1n) is 8.98. The molecule has 1 aromatic carbocycles. The van der Waals surface area contributed by atoms with E-state index in [1.807, 2.05) is 13.1 Å². The maximum Gasteiger partial charge on any atom is 0.263 e. The molecule has 7 nitrogen and oxygen atoms in total. The largest absolute Gasteiger partial charge is 0.484 e. The molecule has 1 saturated carbocycles. The summed E-state index contributed by atoms with van der Waals surface area (Å²) in [6, 6.07) is 7.10. The van der Waals surface area contributed by atoms with E-state index in [9.17, 15) is 9.59 Å². The fourth-order valence-electron chi connectivity index (χ4n) is 3.25. The third-order valence-electron chi connectivity index (χ3n) is 4.75. The van der Waals surface area contributed by atoms with Crippen molar-refractivity contribution in [1.82, 2.24) is 9.78 Å². The smallest absolute Gasteiger partial charge is 0.263 e. The molecule has 0 saturated heterocycles. The number of hydrogen-bond acceptors (Lipinski definition) is 4. The normalized spacial score (nSPS) is 15.4. The van der Waals surface area contributed by atoms with Crippen molar-refractivity contribution < 1.29 is 14.3 Å². The molecule has 2 N–H and O–H groups in total. The van der Waals surface area contributed by atoms with Gasteiger partial charge in [0.05, 0.1) is 5.69 Å². The Balaban J connectivity index is 1.34. The fraction of sp³-hybridized carbons (Fsp3) is 0.421. The second-order valence-electron chi connectivity index (χ2n) is 6.88. The number of aryl methyl sites for hydroxylation is 2. The molecule has 26 heavy (non-hydrogen) atoms. The Labute approximate surface area is 151 Å². The molecule has 2 aliphatic rings. The van der Waals surface area contributed by atoms with E-state index in [0.717, 1.165) is 49.2 Å². The van der Waals surface area contributed by atoms with E-state index in [1.54, 1.807) is 22.9 Å². The quantitative estimate of drug-likeness (QED) is 0.833. The van der Waals surface area contributed by atoms with Crippen molar-refractivity contribution in [2.45, 2.75) is 32.1 Å². The lowest BCUT2D eigenvalue weighted by Gasteiger charge is -2.10. The van der Waals surface area contributed by atoms with Crippen LogP contribution in [0.3, 0.4) is 0 Å². The molecule has 1 heterocycles. The highest BCUT2D eigenvalue weighted by Crippen LogP contribution is 2.31. The van der Waals surface area contributed by atoms with Gasteiger partial charge in [-0.25, -0.2) is 0 Å². The van der Waals surface area contributed by atoms with Gasteiger partial charge < -0.3 is 15.4 Å². The zero-order valence-corrected chi connectivity index (χ0v) is 14.7. The summed E-state index contributed by atoms with van der Waals surface area (Å²) in [6.07, 6.45) is 4.91. The lowest BCUT2D eigenvalue weighted by Crippen LogP contribution is -2.22. The number of carbonyl (C=O) groups excluding carboxylic acids is 2. The summed E-state index contributed by atoms with van der Waals surface area (Å²) in [5, 5.41) is 10.2. The third kappa shape index (κ3) is 3.56. The van der Waals surface area contributed by atoms with Crippen LogP contribution in [0.2, 0.25) is 0 Å². The van der Waals surface area contributed by atoms with Gasteiger partial charge in [0.2, 0.25) is 5.91 Å². The second kappa shape index (κ2) is 6.82. The predicted octanol–water partition coefficient (Wildman–Crippen LogP) is 2.27. The van der Waals surface area contributed by atoms with Crippen LogP contribution in [0.25, 0.3) is 0 Å².